The normalized spacial score (nSPS) is 15.2. The van der Waals surface area contributed by atoms with E-state index in [1.807, 2.05) is 13.8 Å². The zero-order chi connectivity index (χ0) is 24.0. The Hall–Kier alpha value is -2.42. The van der Waals surface area contributed by atoms with E-state index in [9.17, 15) is 18.0 Å². The SMILES string of the molecule is CCN(CC)C(=O)c1ccccc1NC(=O)C1CCN(S(=O)(=O)Cc2ccc(Cl)cc2)CC1. The molecule has 0 radical (unpaired) electrons. The molecule has 2 aromatic carbocycles. The zero-order valence-electron chi connectivity index (χ0n) is 19.0. The topological polar surface area (TPSA) is 86.8 Å². The van der Waals surface area contributed by atoms with Crippen LogP contribution in [0.25, 0.3) is 0 Å². The number of nitrogens with one attached hydrogen (secondary N) is 1. The van der Waals surface area contributed by atoms with E-state index in [1.54, 1.807) is 53.4 Å². The lowest BCUT2D eigenvalue weighted by Crippen LogP contribution is -2.42. The minimum atomic E-state index is -3.48. The number of para-hydroxylation sites is 1. The van der Waals surface area contributed by atoms with E-state index in [0.717, 1.165) is 0 Å². The zero-order valence-corrected chi connectivity index (χ0v) is 20.5. The number of rotatable bonds is 8. The molecule has 0 aromatic heterocycles. The van der Waals surface area contributed by atoms with Crippen LogP contribution in [0.15, 0.2) is 48.5 Å². The van der Waals surface area contributed by atoms with Crippen molar-refractivity contribution in [2.75, 3.05) is 31.5 Å². The first-order valence-corrected chi connectivity index (χ1v) is 13.1. The smallest absolute Gasteiger partial charge is 0.255 e. The second-order valence-electron chi connectivity index (χ2n) is 8.07. The average Bonchev–Trinajstić information content (AvgIpc) is 2.81. The van der Waals surface area contributed by atoms with Gasteiger partial charge in [0.2, 0.25) is 15.9 Å². The molecule has 7 nitrogen and oxygen atoms in total. The van der Waals surface area contributed by atoms with E-state index in [2.05, 4.69) is 5.32 Å². The molecule has 2 amide bonds. The van der Waals surface area contributed by atoms with Crippen molar-refractivity contribution >= 4 is 39.1 Å². The molecule has 1 N–H and O–H groups in total. The minimum absolute atomic E-state index is 0.0954. The average molecular weight is 492 g/mol. The highest BCUT2D eigenvalue weighted by Gasteiger charge is 2.31. The number of anilines is 1. The van der Waals surface area contributed by atoms with Crippen LogP contribution >= 0.6 is 11.6 Å². The van der Waals surface area contributed by atoms with Gasteiger partial charge < -0.3 is 10.2 Å². The van der Waals surface area contributed by atoms with Crippen molar-refractivity contribution in [3.8, 4) is 0 Å². The minimum Gasteiger partial charge on any atom is -0.339 e. The van der Waals surface area contributed by atoms with Crippen molar-refractivity contribution < 1.29 is 18.0 Å². The maximum absolute atomic E-state index is 12.9. The lowest BCUT2D eigenvalue weighted by atomic mass is 9.97. The van der Waals surface area contributed by atoms with Crippen molar-refractivity contribution in [2.45, 2.75) is 32.4 Å². The second-order valence-corrected chi connectivity index (χ2v) is 10.5. The summed E-state index contributed by atoms with van der Waals surface area (Å²) in [5.74, 6) is -0.728. The first-order valence-electron chi connectivity index (χ1n) is 11.2. The lowest BCUT2D eigenvalue weighted by molar-refractivity contribution is -0.120. The van der Waals surface area contributed by atoms with Crippen LogP contribution in [0.1, 0.15) is 42.6 Å². The van der Waals surface area contributed by atoms with Crippen molar-refractivity contribution in [1.82, 2.24) is 9.21 Å². The molecule has 1 aliphatic heterocycles. The summed E-state index contributed by atoms with van der Waals surface area (Å²) < 4.78 is 27.0. The molecule has 0 spiro atoms. The monoisotopic (exact) mass is 491 g/mol. The Bertz CT molecular complexity index is 1080. The van der Waals surface area contributed by atoms with Gasteiger partial charge in [0, 0.05) is 37.1 Å². The predicted octanol–water partition coefficient (Wildman–Crippen LogP) is 4.00. The number of carbonyl (C=O) groups excluding carboxylic acids is 2. The molecule has 0 atom stereocenters. The third-order valence-corrected chi connectivity index (χ3v) is 8.05. The molecule has 2 aromatic rings. The van der Waals surface area contributed by atoms with Crippen LogP contribution in [0.3, 0.4) is 0 Å². The van der Waals surface area contributed by atoms with E-state index < -0.39 is 10.0 Å². The van der Waals surface area contributed by atoms with E-state index >= 15 is 0 Å². The number of benzene rings is 2. The molecule has 0 bridgehead atoms. The van der Waals surface area contributed by atoms with Crippen LogP contribution in [0.5, 0.6) is 0 Å². The summed E-state index contributed by atoms with van der Waals surface area (Å²) in [4.78, 5) is 27.4. The highest BCUT2D eigenvalue weighted by molar-refractivity contribution is 7.88. The fraction of sp³-hybridized carbons (Fsp3) is 0.417. The van der Waals surface area contributed by atoms with Gasteiger partial charge >= 0.3 is 0 Å². The Labute approximate surface area is 200 Å². The first-order chi connectivity index (χ1) is 15.7. The maximum atomic E-state index is 12.9. The summed E-state index contributed by atoms with van der Waals surface area (Å²) in [5, 5.41) is 3.45. The van der Waals surface area contributed by atoms with Gasteiger partial charge in [-0.2, -0.15) is 0 Å². The van der Waals surface area contributed by atoms with Crippen LogP contribution < -0.4 is 5.32 Å². The van der Waals surface area contributed by atoms with E-state index in [1.165, 1.54) is 4.31 Å². The number of hydrogen-bond acceptors (Lipinski definition) is 4. The van der Waals surface area contributed by atoms with Crippen molar-refractivity contribution in [3.63, 3.8) is 0 Å². The van der Waals surface area contributed by atoms with Gasteiger partial charge in [0.25, 0.3) is 5.91 Å². The van der Waals surface area contributed by atoms with Gasteiger partial charge in [0.05, 0.1) is 17.0 Å². The molecule has 1 aliphatic rings. The quantitative estimate of drug-likeness (QED) is 0.604. The Morgan fingerprint density at radius 1 is 1.03 bits per heavy atom. The van der Waals surface area contributed by atoms with Gasteiger partial charge in [-0.3, -0.25) is 9.59 Å². The van der Waals surface area contributed by atoms with Crippen molar-refractivity contribution in [1.29, 1.82) is 0 Å². The highest BCUT2D eigenvalue weighted by Crippen LogP contribution is 2.25. The van der Waals surface area contributed by atoms with Gasteiger partial charge in [-0.05, 0) is 56.5 Å². The highest BCUT2D eigenvalue weighted by atomic mass is 35.5. The molecule has 0 unspecified atom stereocenters. The third-order valence-electron chi connectivity index (χ3n) is 5.95. The summed E-state index contributed by atoms with van der Waals surface area (Å²) in [5.41, 5.74) is 1.61. The van der Waals surface area contributed by atoms with Crippen LogP contribution in [0.2, 0.25) is 5.02 Å². The second kappa shape index (κ2) is 11.1. The number of nitrogens with zero attached hydrogens (tertiary/aromatic N) is 2. The number of piperidine rings is 1. The molecule has 3 rings (SSSR count). The summed E-state index contributed by atoms with van der Waals surface area (Å²) in [6.07, 6.45) is 0.857. The fourth-order valence-corrected chi connectivity index (χ4v) is 5.66. The van der Waals surface area contributed by atoms with Gasteiger partial charge in [0.15, 0.2) is 0 Å². The molecular formula is C24H30ClN3O4S. The number of halogens is 1. The summed E-state index contributed by atoms with van der Waals surface area (Å²) >= 11 is 5.87. The summed E-state index contributed by atoms with van der Waals surface area (Å²) in [6, 6.07) is 13.7. The predicted molar refractivity (Wildman–Crippen MR) is 131 cm³/mol. The Morgan fingerprint density at radius 3 is 2.24 bits per heavy atom. The third kappa shape index (κ3) is 6.34. The molecule has 9 heteroatoms. The maximum Gasteiger partial charge on any atom is 0.255 e. The number of amides is 2. The molecular weight excluding hydrogens is 462 g/mol. The largest absolute Gasteiger partial charge is 0.339 e. The number of carbonyl (C=O) groups is 2. The van der Waals surface area contributed by atoms with Gasteiger partial charge in [-0.25, -0.2) is 12.7 Å². The molecule has 0 saturated carbocycles. The number of sulfonamides is 1. The standard InChI is InChI=1S/C24H30ClN3O4S/c1-3-27(4-2)24(30)21-7-5-6-8-22(21)26-23(29)19-13-15-28(16-14-19)33(31,32)17-18-9-11-20(25)12-10-18/h5-12,19H,3-4,13-17H2,1-2H3,(H,26,29). The molecule has 1 saturated heterocycles. The Morgan fingerprint density at radius 2 is 1.64 bits per heavy atom. The lowest BCUT2D eigenvalue weighted by Gasteiger charge is -2.30. The molecule has 33 heavy (non-hydrogen) atoms. The van der Waals surface area contributed by atoms with E-state index in [4.69, 9.17) is 11.6 Å². The fourth-order valence-electron chi connectivity index (χ4n) is 3.97. The molecule has 1 fully saturated rings. The first kappa shape index (κ1) is 25.2. The number of hydrogen-bond donors (Lipinski definition) is 1. The van der Waals surface area contributed by atoms with Gasteiger partial charge in [0.1, 0.15) is 0 Å². The molecule has 0 aliphatic carbocycles. The van der Waals surface area contributed by atoms with Gasteiger partial charge in [-0.15, -0.1) is 0 Å². The van der Waals surface area contributed by atoms with Gasteiger partial charge in [-0.1, -0.05) is 35.9 Å². The van der Waals surface area contributed by atoms with Crippen molar-refractivity contribution in [2.24, 2.45) is 5.92 Å². The van der Waals surface area contributed by atoms with Crippen LogP contribution in [-0.2, 0) is 20.6 Å². The Balaban J connectivity index is 1.61. The van der Waals surface area contributed by atoms with Crippen LogP contribution in [0, 0.1) is 5.92 Å². The summed E-state index contributed by atoms with van der Waals surface area (Å²) in [7, 11) is -3.48. The van der Waals surface area contributed by atoms with Crippen LogP contribution in [0.4, 0.5) is 5.69 Å². The van der Waals surface area contributed by atoms with Crippen molar-refractivity contribution in [3.05, 3.63) is 64.7 Å². The summed E-state index contributed by atoms with van der Waals surface area (Å²) in [6.45, 7) is 5.57. The Kier molecular flexibility index (Phi) is 8.51. The molecule has 1 heterocycles. The van der Waals surface area contributed by atoms with E-state index in [0.29, 0.717) is 47.8 Å². The molecule has 178 valence electrons. The van der Waals surface area contributed by atoms with Crippen LogP contribution in [-0.4, -0.2) is 55.6 Å². The van der Waals surface area contributed by atoms with E-state index in [-0.39, 0.29) is 36.6 Å².